The van der Waals surface area contributed by atoms with Gasteiger partial charge in [0, 0.05) is 25.7 Å². The maximum Gasteiger partial charge on any atom is 0.161 e. The molecule has 0 amide bonds. The van der Waals surface area contributed by atoms with Gasteiger partial charge < -0.3 is 15.2 Å². The van der Waals surface area contributed by atoms with Crippen LogP contribution >= 0.6 is 0 Å². The van der Waals surface area contributed by atoms with E-state index in [2.05, 4.69) is 30.9 Å². The first-order chi connectivity index (χ1) is 10.1. The van der Waals surface area contributed by atoms with Crippen LogP contribution < -0.4 is 15.2 Å². The van der Waals surface area contributed by atoms with Crippen molar-refractivity contribution in [3.8, 4) is 11.5 Å². The Morgan fingerprint density at radius 2 is 1.76 bits per heavy atom. The Morgan fingerprint density at radius 1 is 1.14 bits per heavy atom. The second kappa shape index (κ2) is 7.14. The molecule has 0 saturated carbocycles. The second-order valence-electron chi connectivity index (χ2n) is 6.22. The van der Waals surface area contributed by atoms with Gasteiger partial charge in [0.1, 0.15) is 0 Å². The van der Waals surface area contributed by atoms with Crippen molar-refractivity contribution >= 4 is 0 Å². The number of hydrogen-bond donors (Lipinski definition) is 1. The molecule has 2 N–H and O–H groups in total. The summed E-state index contributed by atoms with van der Waals surface area (Å²) in [6, 6.07) is 4.69. The van der Waals surface area contributed by atoms with Crippen molar-refractivity contribution in [2.75, 3.05) is 27.3 Å². The molecule has 1 aromatic rings. The Hall–Kier alpha value is -1.26. The van der Waals surface area contributed by atoms with Gasteiger partial charge in [0.25, 0.3) is 0 Å². The van der Waals surface area contributed by atoms with Gasteiger partial charge in [-0.15, -0.1) is 0 Å². The summed E-state index contributed by atoms with van der Waals surface area (Å²) in [7, 11) is 3.37. The van der Waals surface area contributed by atoms with E-state index in [0.717, 1.165) is 44.0 Å². The van der Waals surface area contributed by atoms with Gasteiger partial charge in [-0.25, -0.2) is 0 Å². The highest BCUT2D eigenvalue weighted by Crippen LogP contribution is 2.33. The molecular weight excluding hydrogens is 264 g/mol. The van der Waals surface area contributed by atoms with E-state index in [1.165, 1.54) is 11.1 Å². The van der Waals surface area contributed by atoms with Gasteiger partial charge in [-0.2, -0.15) is 0 Å². The van der Waals surface area contributed by atoms with Crippen molar-refractivity contribution in [3.63, 3.8) is 0 Å². The number of hydrogen-bond acceptors (Lipinski definition) is 4. The van der Waals surface area contributed by atoms with E-state index in [1.807, 2.05) is 0 Å². The Labute approximate surface area is 128 Å². The average Bonchev–Trinajstić information content (AvgIpc) is 2.50. The Bertz CT molecular complexity index is 474. The van der Waals surface area contributed by atoms with Crippen LogP contribution in [0.15, 0.2) is 12.1 Å². The van der Waals surface area contributed by atoms with Gasteiger partial charge in [0.2, 0.25) is 0 Å². The number of methoxy groups -OCH3 is 2. The highest BCUT2D eigenvalue weighted by atomic mass is 16.5. The normalized spacial score (nSPS) is 16.7. The minimum absolute atomic E-state index is 0.464. The molecule has 0 aromatic heterocycles. The summed E-state index contributed by atoms with van der Waals surface area (Å²) in [4.78, 5) is 2.51. The summed E-state index contributed by atoms with van der Waals surface area (Å²) in [5.74, 6) is 2.30. The van der Waals surface area contributed by atoms with E-state index in [4.69, 9.17) is 15.2 Å². The summed E-state index contributed by atoms with van der Waals surface area (Å²) in [5, 5.41) is 0. The SMILES string of the molecule is COc1cc2c(cc1OC)CN(C(CN)CC(C)C)CC2. The number of nitrogens with two attached hydrogens (primary N) is 1. The minimum Gasteiger partial charge on any atom is -0.493 e. The van der Waals surface area contributed by atoms with E-state index in [-0.39, 0.29) is 0 Å². The molecule has 0 fully saturated rings. The van der Waals surface area contributed by atoms with Crippen LogP contribution in [0.2, 0.25) is 0 Å². The number of nitrogens with zero attached hydrogens (tertiary/aromatic N) is 1. The largest absolute Gasteiger partial charge is 0.493 e. The fraction of sp³-hybridized carbons (Fsp3) is 0.647. The average molecular weight is 292 g/mol. The van der Waals surface area contributed by atoms with E-state index in [1.54, 1.807) is 14.2 Å². The monoisotopic (exact) mass is 292 g/mol. The molecule has 1 aliphatic rings. The lowest BCUT2D eigenvalue weighted by Crippen LogP contribution is -2.44. The lowest BCUT2D eigenvalue weighted by molar-refractivity contribution is 0.161. The van der Waals surface area contributed by atoms with Gasteiger partial charge in [-0.1, -0.05) is 13.8 Å². The van der Waals surface area contributed by atoms with Gasteiger partial charge in [0.15, 0.2) is 11.5 Å². The summed E-state index contributed by atoms with van der Waals surface area (Å²) in [6.07, 6.45) is 2.20. The third kappa shape index (κ3) is 3.69. The van der Waals surface area contributed by atoms with Crippen molar-refractivity contribution in [1.82, 2.24) is 4.90 Å². The van der Waals surface area contributed by atoms with Crippen LogP contribution in [-0.4, -0.2) is 38.3 Å². The Morgan fingerprint density at radius 3 is 2.29 bits per heavy atom. The molecule has 1 unspecified atom stereocenters. The van der Waals surface area contributed by atoms with Gasteiger partial charge in [-0.3, -0.25) is 4.90 Å². The number of benzene rings is 1. The molecule has 2 rings (SSSR count). The van der Waals surface area contributed by atoms with Gasteiger partial charge in [-0.05, 0) is 42.0 Å². The first kappa shape index (κ1) is 16.1. The summed E-state index contributed by atoms with van der Waals surface area (Å²) in [6.45, 7) is 7.25. The zero-order chi connectivity index (χ0) is 15.4. The molecule has 1 heterocycles. The molecule has 21 heavy (non-hydrogen) atoms. The smallest absolute Gasteiger partial charge is 0.161 e. The molecule has 4 heteroatoms. The van der Waals surface area contributed by atoms with Crippen LogP contribution in [0.1, 0.15) is 31.4 Å². The van der Waals surface area contributed by atoms with Crippen LogP contribution in [-0.2, 0) is 13.0 Å². The predicted molar refractivity (Wildman–Crippen MR) is 86.0 cm³/mol. The first-order valence-corrected chi connectivity index (χ1v) is 7.76. The molecule has 0 bridgehead atoms. The highest BCUT2D eigenvalue weighted by molar-refractivity contribution is 5.48. The second-order valence-corrected chi connectivity index (χ2v) is 6.22. The summed E-state index contributed by atoms with van der Waals surface area (Å²) >= 11 is 0. The number of fused-ring (bicyclic) bond motifs is 1. The van der Waals surface area contributed by atoms with E-state index >= 15 is 0 Å². The molecule has 0 saturated heterocycles. The highest BCUT2D eigenvalue weighted by Gasteiger charge is 2.24. The molecule has 118 valence electrons. The Kier molecular flexibility index (Phi) is 5.48. The first-order valence-electron chi connectivity index (χ1n) is 7.76. The van der Waals surface area contributed by atoms with Crippen LogP contribution in [0.3, 0.4) is 0 Å². The standard InChI is InChI=1S/C17H28N2O2/c1-12(2)7-15(10-18)19-6-5-13-8-16(20-3)17(21-4)9-14(13)11-19/h8-9,12,15H,5-7,10-11,18H2,1-4H3. The van der Waals surface area contributed by atoms with Crippen LogP contribution in [0, 0.1) is 5.92 Å². The van der Waals surface area contributed by atoms with Crippen LogP contribution in [0.25, 0.3) is 0 Å². The zero-order valence-electron chi connectivity index (χ0n) is 13.7. The molecule has 1 aliphatic heterocycles. The predicted octanol–water partition coefficient (Wildman–Crippen LogP) is 2.44. The number of ether oxygens (including phenoxy) is 2. The van der Waals surface area contributed by atoms with E-state index < -0.39 is 0 Å². The van der Waals surface area contributed by atoms with E-state index in [9.17, 15) is 0 Å². The van der Waals surface area contributed by atoms with Crippen molar-refractivity contribution in [1.29, 1.82) is 0 Å². The lowest BCUT2D eigenvalue weighted by Gasteiger charge is -2.36. The van der Waals surface area contributed by atoms with Crippen LogP contribution in [0.4, 0.5) is 0 Å². The number of rotatable bonds is 6. The summed E-state index contributed by atoms with van der Waals surface area (Å²) < 4.78 is 10.8. The third-order valence-corrected chi connectivity index (χ3v) is 4.28. The fourth-order valence-electron chi connectivity index (χ4n) is 3.16. The van der Waals surface area contributed by atoms with Crippen molar-refractivity contribution < 1.29 is 9.47 Å². The maximum absolute atomic E-state index is 5.99. The molecule has 0 spiro atoms. The topological polar surface area (TPSA) is 47.7 Å². The van der Waals surface area contributed by atoms with Crippen LogP contribution in [0.5, 0.6) is 11.5 Å². The quantitative estimate of drug-likeness (QED) is 0.875. The van der Waals surface area contributed by atoms with Crippen molar-refractivity contribution in [2.45, 2.75) is 39.3 Å². The molecule has 1 aromatic carbocycles. The molecule has 4 nitrogen and oxygen atoms in total. The van der Waals surface area contributed by atoms with Gasteiger partial charge in [0.05, 0.1) is 14.2 Å². The van der Waals surface area contributed by atoms with E-state index in [0.29, 0.717) is 12.0 Å². The molecule has 0 radical (unpaired) electrons. The zero-order valence-corrected chi connectivity index (χ0v) is 13.7. The molecule has 1 atom stereocenters. The third-order valence-electron chi connectivity index (χ3n) is 4.28. The lowest BCUT2D eigenvalue weighted by atomic mass is 9.95. The van der Waals surface area contributed by atoms with Gasteiger partial charge >= 0.3 is 0 Å². The minimum atomic E-state index is 0.464. The maximum atomic E-state index is 5.99. The van der Waals surface area contributed by atoms with Crippen molar-refractivity contribution in [2.24, 2.45) is 11.7 Å². The Balaban J connectivity index is 2.19. The fourth-order valence-corrected chi connectivity index (χ4v) is 3.16. The molecular formula is C17H28N2O2. The molecule has 0 aliphatic carbocycles. The van der Waals surface area contributed by atoms with Crippen molar-refractivity contribution in [3.05, 3.63) is 23.3 Å². The summed E-state index contributed by atoms with van der Waals surface area (Å²) in [5.41, 5.74) is 8.69.